The van der Waals surface area contributed by atoms with E-state index in [4.69, 9.17) is 4.74 Å². The molecule has 1 aromatic carbocycles. The van der Waals surface area contributed by atoms with E-state index in [9.17, 15) is 0 Å². The molecule has 2 heteroatoms. The maximum absolute atomic E-state index is 4.80. The van der Waals surface area contributed by atoms with Gasteiger partial charge >= 0.3 is 0 Å². The maximum Gasteiger partial charge on any atom is 0.0845 e. The molecule has 1 aromatic heterocycles. The Balaban J connectivity index is 0.000000350. The summed E-state index contributed by atoms with van der Waals surface area (Å²) in [6, 6.07) is 8.38. The zero-order chi connectivity index (χ0) is 14.7. The van der Waals surface area contributed by atoms with E-state index in [1.807, 2.05) is 19.9 Å². The first-order chi connectivity index (χ1) is 9.20. The number of hydrogen-bond acceptors (Lipinski definition) is 1. The lowest BCUT2D eigenvalue weighted by atomic mass is 10.2. The molecular weight excluding hydrogens is 234 g/mol. The van der Waals surface area contributed by atoms with Gasteiger partial charge in [-0.05, 0) is 39.3 Å². The van der Waals surface area contributed by atoms with Gasteiger partial charge in [-0.2, -0.15) is 0 Å². The van der Waals surface area contributed by atoms with Gasteiger partial charge in [0.25, 0.3) is 0 Å². The Labute approximate surface area is 116 Å². The summed E-state index contributed by atoms with van der Waals surface area (Å²) < 4.78 is 4.80. The van der Waals surface area contributed by atoms with Crippen molar-refractivity contribution in [3.8, 4) is 12.8 Å². The Hall–Kier alpha value is -2.14. The third kappa shape index (κ3) is 5.35. The highest BCUT2D eigenvalue weighted by atomic mass is 16.5. The number of hydrogen-bond donors (Lipinski definition) is 1. The molecule has 2 rings (SSSR count). The number of aryl methyl sites for hydroxylation is 2. The van der Waals surface area contributed by atoms with Crippen molar-refractivity contribution >= 4 is 10.9 Å². The summed E-state index contributed by atoms with van der Waals surface area (Å²) in [6.07, 6.45) is 11.5. The van der Waals surface area contributed by atoms with Crippen LogP contribution in [0.2, 0.25) is 0 Å². The van der Waals surface area contributed by atoms with Crippen molar-refractivity contribution in [1.82, 2.24) is 4.98 Å². The number of fused-ring (bicyclic) bond motifs is 1. The number of nitrogens with one attached hydrogen (secondary N) is 1. The number of aromatic nitrogens is 1. The molecule has 1 heterocycles. The van der Waals surface area contributed by atoms with Crippen molar-refractivity contribution in [3.05, 3.63) is 47.9 Å². The second kappa shape index (κ2) is 9.85. The van der Waals surface area contributed by atoms with Crippen molar-refractivity contribution in [2.45, 2.75) is 27.7 Å². The largest absolute Gasteiger partial charge is 0.502 e. The molecule has 0 amide bonds. The molecule has 19 heavy (non-hydrogen) atoms. The normalized spacial score (nSPS) is 9.37. The van der Waals surface area contributed by atoms with Gasteiger partial charge in [0, 0.05) is 16.6 Å². The van der Waals surface area contributed by atoms with Gasteiger partial charge in [-0.3, -0.25) is 0 Å². The Bertz CT molecular complexity index is 520. The molecule has 0 aliphatic carbocycles. The van der Waals surface area contributed by atoms with E-state index >= 15 is 0 Å². The number of aromatic amines is 1. The minimum Gasteiger partial charge on any atom is -0.502 e. The summed E-state index contributed by atoms with van der Waals surface area (Å²) in [5.74, 6) is 0. The summed E-state index contributed by atoms with van der Waals surface area (Å²) in [5.41, 5.74) is 3.87. The smallest absolute Gasteiger partial charge is 0.0845 e. The first-order valence-corrected chi connectivity index (χ1v) is 6.30. The van der Waals surface area contributed by atoms with E-state index in [2.05, 4.69) is 55.9 Å². The van der Waals surface area contributed by atoms with Crippen LogP contribution in [0, 0.1) is 26.7 Å². The number of ether oxygens (including phenoxy) is 1. The van der Waals surface area contributed by atoms with Crippen LogP contribution < -0.4 is 0 Å². The monoisotopic (exact) mass is 257 g/mol. The zero-order valence-corrected chi connectivity index (χ0v) is 12.2. The van der Waals surface area contributed by atoms with Gasteiger partial charge in [0.2, 0.25) is 0 Å². The fraction of sp³-hybridized carbons (Fsp3) is 0.294. The highest BCUT2D eigenvalue weighted by molar-refractivity contribution is 5.84. The maximum atomic E-state index is 4.80. The molecule has 0 atom stereocenters. The van der Waals surface area contributed by atoms with Gasteiger partial charge < -0.3 is 9.72 Å². The molecule has 0 radical (unpaired) electrons. The second-order valence-corrected chi connectivity index (χ2v) is 3.85. The predicted octanol–water partition coefficient (Wildman–Crippen LogP) is 4.59. The van der Waals surface area contributed by atoms with Crippen LogP contribution >= 0.6 is 0 Å². The van der Waals surface area contributed by atoms with Gasteiger partial charge in [0.1, 0.15) is 0 Å². The van der Waals surface area contributed by atoms with Gasteiger partial charge in [-0.15, -0.1) is 12.8 Å². The zero-order valence-electron chi connectivity index (χ0n) is 12.2. The molecule has 0 bridgehead atoms. The summed E-state index contributed by atoms with van der Waals surface area (Å²) in [7, 11) is 0. The molecule has 102 valence electrons. The Morgan fingerprint density at radius 3 is 2.32 bits per heavy atom. The number of allylic oxidation sites excluding steroid dienone is 1. The number of H-pyrrole nitrogens is 1. The van der Waals surface area contributed by atoms with Gasteiger partial charge in [0.15, 0.2) is 0 Å². The number of rotatable bonds is 2. The summed E-state index contributed by atoms with van der Waals surface area (Å²) in [4.78, 5) is 3.33. The van der Waals surface area contributed by atoms with Crippen LogP contribution in [0.4, 0.5) is 0 Å². The average Bonchev–Trinajstić information content (AvgIpc) is 2.75. The molecular formula is C17H23NO. The molecule has 0 aliphatic heterocycles. The van der Waals surface area contributed by atoms with Crippen molar-refractivity contribution in [3.63, 3.8) is 0 Å². The third-order valence-corrected chi connectivity index (χ3v) is 2.61. The highest BCUT2D eigenvalue weighted by Gasteiger charge is 2.00. The topological polar surface area (TPSA) is 25.0 Å². The fourth-order valence-electron chi connectivity index (χ4n) is 1.61. The van der Waals surface area contributed by atoms with E-state index in [1.165, 1.54) is 22.2 Å². The van der Waals surface area contributed by atoms with Crippen molar-refractivity contribution in [1.29, 1.82) is 0 Å². The lowest BCUT2D eigenvalue weighted by Gasteiger charge is -1.87. The lowest BCUT2D eigenvalue weighted by molar-refractivity contribution is 0.269. The van der Waals surface area contributed by atoms with Gasteiger partial charge in [-0.1, -0.05) is 24.3 Å². The van der Waals surface area contributed by atoms with E-state index in [0.29, 0.717) is 0 Å². The Kier molecular flexibility index (Phi) is 8.74. The van der Waals surface area contributed by atoms with E-state index in [1.54, 1.807) is 6.26 Å². The molecule has 0 aliphatic rings. The van der Waals surface area contributed by atoms with E-state index in [0.717, 1.165) is 6.61 Å². The van der Waals surface area contributed by atoms with Crippen LogP contribution in [0.5, 0.6) is 0 Å². The van der Waals surface area contributed by atoms with Crippen LogP contribution in [0.15, 0.2) is 36.6 Å². The molecule has 1 N–H and O–H groups in total. The fourth-order valence-corrected chi connectivity index (χ4v) is 1.61. The minimum atomic E-state index is 0.768. The number of terminal acetylenes is 1. The molecule has 0 unspecified atom stereocenters. The SMILES string of the molecule is C#C.C/C=C/OCC.Cc1[nH]c2ccccc2c1C. The van der Waals surface area contributed by atoms with Gasteiger partial charge in [-0.25, -0.2) is 0 Å². The average molecular weight is 257 g/mol. The molecule has 2 aromatic rings. The predicted molar refractivity (Wildman–Crippen MR) is 84.1 cm³/mol. The second-order valence-electron chi connectivity index (χ2n) is 3.85. The number of para-hydroxylation sites is 1. The third-order valence-electron chi connectivity index (χ3n) is 2.61. The Morgan fingerprint density at radius 2 is 1.84 bits per heavy atom. The Morgan fingerprint density at radius 1 is 1.21 bits per heavy atom. The van der Waals surface area contributed by atoms with Crippen LogP contribution in [0.1, 0.15) is 25.1 Å². The van der Waals surface area contributed by atoms with Crippen molar-refractivity contribution in [2.24, 2.45) is 0 Å². The van der Waals surface area contributed by atoms with E-state index in [-0.39, 0.29) is 0 Å². The summed E-state index contributed by atoms with van der Waals surface area (Å²) >= 11 is 0. The quantitative estimate of drug-likeness (QED) is 0.617. The highest BCUT2D eigenvalue weighted by Crippen LogP contribution is 2.19. The minimum absolute atomic E-state index is 0.768. The lowest BCUT2D eigenvalue weighted by Crippen LogP contribution is -1.73. The van der Waals surface area contributed by atoms with Crippen LogP contribution in [-0.2, 0) is 4.74 Å². The van der Waals surface area contributed by atoms with Crippen molar-refractivity contribution in [2.75, 3.05) is 6.61 Å². The molecule has 2 nitrogen and oxygen atoms in total. The first kappa shape index (κ1) is 16.9. The van der Waals surface area contributed by atoms with Crippen LogP contribution in [0.3, 0.4) is 0 Å². The molecule has 0 spiro atoms. The van der Waals surface area contributed by atoms with E-state index < -0.39 is 0 Å². The van der Waals surface area contributed by atoms with Gasteiger partial charge in [0.05, 0.1) is 12.9 Å². The molecule has 0 saturated carbocycles. The standard InChI is InChI=1S/C10H11N.C5H10O.C2H2/c1-7-8(2)11-10-6-4-3-5-9(7)10;1-3-5-6-4-2;1-2/h3-6,11H,1-2H3;3,5H,4H2,1-2H3;1-2H/b;5-3+;. The molecule has 0 fully saturated rings. The van der Waals surface area contributed by atoms with Crippen LogP contribution in [-0.4, -0.2) is 11.6 Å². The summed E-state index contributed by atoms with van der Waals surface area (Å²) in [5, 5.41) is 1.34. The van der Waals surface area contributed by atoms with Crippen molar-refractivity contribution < 1.29 is 4.74 Å². The molecule has 0 saturated heterocycles. The number of benzene rings is 1. The summed E-state index contributed by atoms with van der Waals surface area (Å²) in [6.45, 7) is 8.91. The first-order valence-electron chi connectivity index (χ1n) is 6.30. The van der Waals surface area contributed by atoms with Crippen LogP contribution in [0.25, 0.3) is 10.9 Å².